The maximum Gasteiger partial charge on any atom is 0.339 e. The summed E-state index contributed by atoms with van der Waals surface area (Å²) in [5.74, 6) is -1.08. The average Bonchev–Trinajstić information content (AvgIpc) is 2.29. The van der Waals surface area contributed by atoms with Crippen LogP contribution in [0, 0.1) is 12.7 Å². The third kappa shape index (κ3) is 3.42. The maximum atomic E-state index is 13.2. The summed E-state index contributed by atoms with van der Waals surface area (Å²) < 4.78 is 17.7. The van der Waals surface area contributed by atoms with E-state index in [-0.39, 0.29) is 12.4 Å². The third-order valence-corrected chi connectivity index (χ3v) is 2.43. The van der Waals surface area contributed by atoms with Crippen LogP contribution in [0.2, 0.25) is 0 Å². The van der Waals surface area contributed by atoms with Crippen molar-refractivity contribution >= 4 is 11.7 Å². The Morgan fingerprint density at radius 3 is 2.76 bits per heavy atom. The summed E-state index contributed by atoms with van der Waals surface area (Å²) in [6, 6.07) is 4.60. The highest BCUT2D eigenvalue weighted by Crippen LogP contribution is 2.15. The van der Waals surface area contributed by atoms with Gasteiger partial charge in [0.1, 0.15) is 5.82 Å². The molecular formula is C12H16FNO3. The van der Waals surface area contributed by atoms with Gasteiger partial charge < -0.3 is 15.2 Å². The van der Waals surface area contributed by atoms with E-state index in [1.165, 1.54) is 20.1 Å². The van der Waals surface area contributed by atoms with Crippen LogP contribution in [0.1, 0.15) is 12.5 Å². The summed E-state index contributed by atoms with van der Waals surface area (Å²) in [4.78, 5) is 11.2. The first-order chi connectivity index (χ1) is 7.86. The molecule has 0 aliphatic carbocycles. The molecule has 0 saturated carbocycles. The second-order valence-corrected chi connectivity index (χ2v) is 4.08. The highest BCUT2D eigenvalue weighted by Gasteiger charge is 2.31. The number of nitrogens with one attached hydrogen (secondary N) is 1. The molecule has 17 heavy (non-hydrogen) atoms. The zero-order chi connectivity index (χ0) is 13.1. The number of hydrogen-bond acceptors (Lipinski definition) is 4. The molecule has 0 radical (unpaired) electrons. The molecule has 4 nitrogen and oxygen atoms in total. The first kappa shape index (κ1) is 13.4. The zero-order valence-corrected chi connectivity index (χ0v) is 10.1. The van der Waals surface area contributed by atoms with Crippen molar-refractivity contribution in [3.63, 3.8) is 0 Å². The number of rotatable bonds is 4. The first-order valence-electron chi connectivity index (χ1n) is 5.17. The number of aliphatic hydroxyl groups is 1. The standard InChI is InChI=1S/C12H16FNO3/c1-8-4-5-9(6-10(8)13)14-7-12(2,16)11(15)17-3/h4-6,14,16H,7H2,1-3H3. The molecule has 1 rings (SSSR count). The van der Waals surface area contributed by atoms with Gasteiger partial charge in [0, 0.05) is 5.69 Å². The van der Waals surface area contributed by atoms with E-state index in [9.17, 15) is 14.3 Å². The Morgan fingerprint density at radius 2 is 2.24 bits per heavy atom. The Kier molecular flexibility index (Phi) is 4.07. The minimum Gasteiger partial charge on any atom is -0.467 e. The maximum absolute atomic E-state index is 13.2. The van der Waals surface area contributed by atoms with Crippen molar-refractivity contribution in [3.05, 3.63) is 29.6 Å². The summed E-state index contributed by atoms with van der Waals surface area (Å²) in [5, 5.41) is 12.5. The molecule has 0 heterocycles. The van der Waals surface area contributed by atoms with Crippen molar-refractivity contribution in [1.29, 1.82) is 0 Å². The fourth-order valence-corrected chi connectivity index (χ4v) is 1.27. The minimum atomic E-state index is -1.64. The lowest BCUT2D eigenvalue weighted by atomic mass is 10.1. The van der Waals surface area contributed by atoms with E-state index in [0.29, 0.717) is 11.3 Å². The third-order valence-electron chi connectivity index (χ3n) is 2.43. The van der Waals surface area contributed by atoms with Gasteiger partial charge in [-0.3, -0.25) is 0 Å². The largest absolute Gasteiger partial charge is 0.467 e. The fourth-order valence-electron chi connectivity index (χ4n) is 1.27. The van der Waals surface area contributed by atoms with Gasteiger partial charge in [-0.15, -0.1) is 0 Å². The molecule has 0 amide bonds. The Bertz CT molecular complexity index is 418. The van der Waals surface area contributed by atoms with Crippen molar-refractivity contribution in [2.24, 2.45) is 0 Å². The van der Waals surface area contributed by atoms with Crippen molar-refractivity contribution < 1.29 is 19.0 Å². The molecule has 0 fully saturated rings. The number of ether oxygens (including phenoxy) is 1. The molecule has 1 unspecified atom stereocenters. The van der Waals surface area contributed by atoms with Gasteiger partial charge in [0.15, 0.2) is 5.60 Å². The smallest absolute Gasteiger partial charge is 0.339 e. The summed E-state index contributed by atoms with van der Waals surface area (Å²) in [5.41, 5.74) is -0.608. The summed E-state index contributed by atoms with van der Waals surface area (Å²) >= 11 is 0. The van der Waals surface area contributed by atoms with Gasteiger partial charge >= 0.3 is 5.97 Å². The van der Waals surface area contributed by atoms with E-state index < -0.39 is 11.6 Å². The van der Waals surface area contributed by atoms with Gasteiger partial charge in [0.05, 0.1) is 13.7 Å². The molecule has 0 aliphatic rings. The molecule has 0 aromatic heterocycles. The molecule has 5 heteroatoms. The lowest BCUT2D eigenvalue weighted by Crippen LogP contribution is -2.42. The molecule has 2 N–H and O–H groups in total. The Morgan fingerprint density at radius 1 is 1.59 bits per heavy atom. The van der Waals surface area contributed by atoms with E-state index in [4.69, 9.17) is 0 Å². The van der Waals surface area contributed by atoms with Gasteiger partial charge in [-0.25, -0.2) is 9.18 Å². The van der Waals surface area contributed by atoms with Gasteiger partial charge in [-0.1, -0.05) is 6.07 Å². The highest BCUT2D eigenvalue weighted by atomic mass is 19.1. The van der Waals surface area contributed by atoms with E-state index in [1.807, 2.05) is 0 Å². The SMILES string of the molecule is COC(=O)C(C)(O)CNc1ccc(C)c(F)c1. The number of halogens is 1. The predicted octanol–water partition coefficient (Wildman–Crippen LogP) is 1.47. The molecule has 1 atom stereocenters. The monoisotopic (exact) mass is 241 g/mol. The second-order valence-electron chi connectivity index (χ2n) is 4.08. The van der Waals surface area contributed by atoms with Crippen LogP contribution in [0.4, 0.5) is 10.1 Å². The van der Waals surface area contributed by atoms with Crippen LogP contribution in [-0.4, -0.2) is 30.3 Å². The molecule has 0 saturated heterocycles. The molecular weight excluding hydrogens is 225 g/mol. The highest BCUT2D eigenvalue weighted by molar-refractivity contribution is 5.79. The van der Waals surface area contributed by atoms with Crippen LogP contribution in [0.25, 0.3) is 0 Å². The molecule has 0 bridgehead atoms. The molecule has 1 aromatic rings. The van der Waals surface area contributed by atoms with Crippen molar-refractivity contribution in [2.75, 3.05) is 19.0 Å². The zero-order valence-electron chi connectivity index (χ0n) is 10.1. The van der Waals surface area contributed by atoms with Crippen LogP contribution in [0.5, 0.6) is 0 Å². The number of aryl methyl sites for hydroxylation is 1. The summed E-state index contributed by atoms with van der Waals surface area (Å²) in [6.07, 6.45) is 0. The Labute approximate surface area is 99.4 Å². The number of anilines is 1. The summed E-state index contributed by atoms with van der Waals surface area (Å²) in [6.45, 7) is 2.93. The molecule has 1 aromatic carbocycles. The normalized spacial score (nSPS) is 13.9. The quantitative estimate of drug-likeness (QED) is 0.784. The lowest BCUT2D eigenvalue weighted by molar-refractivity contribution is -0.158. The summed E-state index contributed by atoms with van der Waals surface area (Å²) in [7, 11) is 1.20. The second kappa shape index (κ2) is 5.14. The number of hydrogen-bond donors (Lipinski definition) is 2. The van der Waals surface area contributed by atoms with Crippen LogP contribution < -0.4 is 5.32 Å². The first-order valence-corrected chi connectivity index (χ1v) is 5.17. The van der Waals surface area contributed by atoms with Crippen molar-refractivity contribution in [1.82, 2.24) is 0 Å². The van der Waals surface area contributed by atoms with Crippen LogP contribution in [0.15, 0.2) is 18.2 Å². The molecule has 0 spiro atoms. The van der Waals surface area contributed by atoms with Gasteiger partial charge in [0.2, 0.25) is 0 Å². The van der Waals surface area contributed by atoms with Crippen molar-refractivity contribution in [3.8, 4) is 0 Å². The van der Waals surface area contributed by atoms with Crippen LogP contribution in [-0.2, 0) is 9.53 Å². The minimum absolute atomic E-state index is 0.0534. The van der Waals surface area contributed by atoms with Gasteiger partial charge in [0.25, 0.3) is 0 Å². The number of esters is 1. The number of carbonyl (C=O) groups excluding carboxylic acids is 1. The number of benzene rings is 1. The number of methoxy groups -OCH3 is 1. The molecule has 94 valence electrons. The lowest BCUT2D eigenvalue weighted by Gasteiger charge is -2.21. The van der Waals surface area contributed by atoms with Crippen LogP contribution >= 0.6 is 0 Å². The fraction of sp³-hybridized carbons (Fsp3) is 0.417. The van der Waals surface area contributed by atoms with Crippen molar-refractivity contribution in [2.45, 2.75) is 19.4 Å². The van der Waals surface area contributed by atoms with E-state index in [0.717, 1.165) is 0 Å². The Balaban J connectivity index is 2.67. The van der Waals surface area contributed by atoms with E-state index >= 15 is 0 Å². The average molecular weight is 241 g/mol. The van der Waals surface area contributed by atoms with Gasteiger partial charge in [-0.05, 0) is 31.5 Å². The molecule has 0 aliphatic heterocycles. The number of carbonyl (C=O) groups is 1. The topological polar surface area (TPSA) is 58.6 Å². The van der Waals surface area contributed by atoms with Gasteiger partial charge in [-0.2, -0.15) is 0 Å². The predicted molar refractivity (Wildman–Crippen MR) is 62.3 cm³/mol. The van der Waals surface area contributed by atoms with Crippen LogP contribution in [0.3, 0.4) is 0 Å². The Hall–Kier alpha value is -1.62. The van der Waals surface area contributed by atoms with E-state index in [2.05, 4.69) is 10.1 Å². The van der Waals surface area contributed by atoms with E-state index in [1.54, 1.807) is 19.1 Å².